The minimum Gasteiger partial charge on any atom is -0.508 e. The summed E-state index contributed by atoms with van der Waals surface area (Å²) in [4.78, 5) is 0. The molecule has 1 aromatic heterocycles. The highest BCUT2D eigenvalue weighted by molar-refractivity contribution is 5.84. The molecule has 0 aliphatic heterocycles. The predicted molar refractivity (Wildman–Crippen MR) is 83.0 cm³/mol. The molecule has 5 heteroatoms. The molecule has 1 heterocycles. The van der Waals surface area contributed by atoms with Gasteiger partial charge in [0.2, 0.25) is 5.75 Å². The quantitative estimate of drug-likeness (QED) is 0.793. The third kappa shape index (κ3) is 2.30. The number of fused-ring (bicyclic) bond motifs is 1. The molecule has 0 radical (unpaired) electrons. The highest BCUT2D eigenvalue weighted by Gasteiger charge is 2.16. The molecule has 3 rings (SSSR count). The molecule has 0 unspecified atom stereocenters. The molecule has 114 valence electrons. The first-order valence-electron chi connectivity index (χ1n) is 6.69. The molecule has 0 saturated carbocycles. The monoisotopic (exact) mass is 300 g/mol. The van der Waals surface area contributed by atoms with Crippen molar-refractivity contribution in [3.63, 3.8) is 0 Å². The van der Waals surface area contributed by atoms with E-state index in [1.807, 2.05) is 18.2 Å². The summed E-state index contributed by atoms with van der Waals surface area (Å²) in [6, 6.07) is 10.5. The van der Waals surface area contributed by atoms with Crippen LogP contribution in [0.4, 0.5) is 0 Å². The van der Waals surface area contributed by atoms with E-state index in [4.69, 9.17) is 18.6 Å². The summed E-state index contributed by atoms with van der Waals surface area (Å²) < 4.78 is 21.8. The average molecular weight is 300 g/mol. The normalized spacial score (nSPS) is 10.7. The van der Waals surface area contributed by atoms with Crippen LogP contribution in [0.5, 0.6) is 23.0 Å². The van der Waals surface area contributed by atoms with Crippen molar-refractivity contribution in [1.29, 1.82) is 0 Å². The lowest BCUT2D eigenvalue weighted by molar-refractivity contribution is 0.324. The van der Waals surface area contributed by atoms with Gasteiger partial charge in [-0.05, 0) is 30.3 Å². The fourth-order valence-corrected chi connectivity index (χ4v) is 2.39. The average Bonchev–Trinajstić information content (AvgIpc) is 2.96. The van der Waals surface area contributed by atoms with Crippen LogP contribution in [0.2, 0.25) is 0 Å². The smallest absolute Gasteiger partial charge is 0.203 e. The van der Waals surface area contributed by atoms with E-state index in [1.165, 1.54) is 0 Å². The summed E-state index contributed by atoms with van der Waals surface area (Å²) in [5, 5.41) is 10.4. The molecule has 5 nitrogen and oxygen atoms in total. The Morgan fingerprint density at radius 1 is 0.864 bits per heavy atom. The molecule has 0 fully saturated rings. The Balaban J connectivity index is 2.17. The van der Waals surface area contributed by atoms with Crippen LogP contribution in [0.15, 0.2) is 40.8 Å². The number of phenols is 1. The van der Waals surface area contributed by atoms with Crippen molar-refractivity contribution in [1.82, 2.24) is 0 Å². The number of phenolic OH excluding ortho intramolecular Hbond substituents is 1. The van der Waals surface area contributed by atoms with Crippen molar-refractivity contribution in [3.8, 4) is 34.3 Å². The predicted octanol–water partition coefficient (Wildman–Crippen LogP) is 3.83. The Morgan fingerprint density at radius 3 is 2.14 bits per heavy atom. The SMILES string of the molecule is COc1cc(-c2cc3ccc(O)cc3o2)cc(OC)c1OC. The van der Waals surface area contributed by atoms with Crippen LogP contribution in [0, 0.1) is 0 Å². The maximum Gasteiger partial charge on any atom is 0.203 e. The second kappa shape index (κ2) is 5.52. The molecule has 0 spiro atoms. The van der Waals surface area contributed by atoms with Crippen molar-refractivity contribution in [2.45, 2.75) is 0 Å². The van der Waals surface area contributed by atoms with Gasteiger partial charge in [-0.1, -0.05) is 0 Å². The molecule has 22 heavy (non-hydrogen) atoms. The lowest BCUT2D eigenvalue weighted by atomic mass is 10.1. The molecule has 2 aromatic carbocycles. The van der Waals surface area contributed by atoms with E-state index in [-0.39, 0.29) is 5.75 Å². The van der Waals surface area contributed by atoms with Gasteiger partial charge in [-0.15, -0.1) is 0 Å². The third-order valence-electron chi connectivity index (χ3n) is 3.45. The van der Waals surface area contributed by atoms with Crippen LogP contribution in [-0.4, -0.2) is 26.4 Å². The maximum atomic E-state index is 9.53. The zero-order valence-electron chi connectivity index (χ0n) is 12.5. The van der Waals surface area contributed by atoms with Gasteiger partial charge in [0.25, 0.3) is 0 Å². The molecular weight excluding hydrogens is 284 g/mol. The number of rotatable bonds is 4. The summed E-state index contributed by atoms with van der Waals surface area (Å²) in [7, 11) is 4.69. The first kappa shape index (κ1) is 14.1. The molecule has 0 atom stereocenters. The fourth-order valence-electron chi connectivity index (χ4n) is 2.39. The van der Waals surface area contributed by atoms with Crippen molar-refractivity contribution >= 4 is 11.0 Å². The Hall–Kier alpha value is -2.82. The van der Waals surface area contributed by atoms with Gasteiger partial charge < -0.3 is 23.7 Å². The van der Waals surface area contributed by atoms with Crippen molar-refractivity contribution in [3.05, 3.63) is 36.4 Å². The first-order chi connectivity index (χ1) is 10.7. The summed E-state index contributed by atoms with van der Waals surface area (Å²) in [5.74, 6) is 2.46. The molecular formula is C17H16O5. The van der Waals surface area contributed by atoms with E-state index in [2.05, 4.69) is 0 Å². The Morgan fingerprint density at radius 2 is 1.55 bits per heavy atom. The Bertz CT molecular complexity index is 794. The van der Waals surface area contributed by atoms with Crippen molar-refractivity contribution in [2.75, 3.05) is 21.3 Å². The van der Waals surface area contributed by atoms with Gasteiger partial charge >= 0.3 is 0 Å². The molecule has 1 N–H and O–H groups in total. The second-order valence-electron chi connectivity index (χ2n) is 4.75. The first-order valence-corrected chi connectivity index (χ1v) is 6.69. The van der Waals surface area contributed by atoms with Crippen LogP contribution in [-0.2, 0) is 0 Å². The summed E-state index contributed by atoms with van der Waals surface area (Å²) >= 11 is 0. The number of hydrogen-bond acceptors (Lipinski definition) is 5. The number of ether oxygens (including phenoxy) is 3. The van der Waals surface area contributed by atoms with E-state index in [1.54, 1.807) is 39.5 Å². The van der Waals surface area contributed by atoms with E-state index in [0.29, 0.717) is 28.6 Å². The van der Waals surface area contributed by atoms with Crippen LogP contribution >= 0.6 is 0 Å². The molecule has 0 aliphatic carbocycles. The number of methoxy groups -OCH3 is 3. The van der Waals surface area contributed by atoms with Gasteiger partial charge in [0.05, 0.1) is 21.3 Å². The summed E-state index contributed by atoms with van der Waals surface area (Å²) in [6.07, 6.45) is 0. The highest BCUT2D eigenvalue weighted by Crippen LogP contribution is 2.42. The van der Waals surface area contributed by atoms with Crippen LogP contribution in [0.3, 0.4) is 0 Å². The number of benzene rings is 2. The van der Waals surface area contributed by atoms with Crippen molar-refractivity contribution in [2.24, 2.45) is 0 Å². The van der Waals surface area contributed by atoms with E-state index >= 15 is 0 Å². The van der Waals surface area contributed by atoms with Gasteiger partial charge in [-0.3, -0.25) is 0 Å². The minimum atomic E-state index is 0.165. The number of aromatic hydroxyl groups is 1. The van der Waals surface area contributed by atoms with Gasteiger partial charge in [0, 0.05) is 17.0 Å². The Labute approximate surface area is 127 Å². The van der Waals surface area contributed by atoms with Gasteiger partial charge in [-0.25, -0.2) is 0 Å². The highest BCUT2D eigenvalue weighted by atomic mass is 16.5. The molecule has 0 bridgehead atoms. The molecule has 3 aromatic rings. The second-order valence-corrected chi connectivity index (χ2v) is 4.75. The van der Waals surface area contributed by atoms with Crippen LogP contribution in [0.25, 0.3) is 22.3 Å². The van der Waals surface area contributed by atoms with E-state index in [0.717, 1.165) is 10.9 Å². The van der Waals surface area contributed by atoms with E-state index in [9.17, 15) is 5.11 Å². The summed E-state index contributed by atoms with van der Waals surface area (Å²) in [6.45, 7) is 0. The standard InChI is InChI=1S/C17H16O5/c1-19-15-7-11(8-16(20-2)17(15)21-3)13-6-10-4-5-12(18)9-14(10)22-13/h4-9,18H,1-3H3. The topological polar surface area (TPSA) is 61.1 Å². The summed E-state index contributed by atoms with van der Waals surface area (Å²) in [5.41, 5.74) is 1.41. The fraction of sp³-hybridized carbons (Fsp3) is 0.176. The van der Waals surface area contributed by atoms with Crippen LogP contribution < -0.4 is 14.2 Å². The van der Waals surface area contributed by atoms with Crippen LogP contribution in [0.1, 0.15) is 0 Å². The Kier molecular flexibility index (Phi) is 3.55. The van der Waals surface area contributed by atoms with Crippen molar-refractivity contribution < 1.29 is 23.7 Å². The maximum absolute atomic E-state index is 9.53. The molecule has 0 saturated heterocycles. The lowest BCUT2D eigenvalue weighted by Crippen LogP contribution is -1.95. The number of hydrogen-bond donors (Lipinski definition) is 1. The van der Waals surface area contributed by atoms with Gasteiger partial charge in [-0.2, -0.15) is 0 Å². The zero-order chi connectivity index (χ0) is 15.7. The molecule has 0 aliphatic rings. The van der Waals surface area contributed by atoms with Gasteiger partial charge in [0.1, 0.15) is 17.1 Å². The minimum absolute atomic E-state index is 0.165. The lowest BCUT2D eigenvalue weighted by Gasteiger charge is -2.13. The molecule has 0 amide bonds. The number of furan rings is 1. The largest absolute Gasteiger partial charge is 0.508 e. The van der Waals surface area contributed by atoms with Gasteiger partial charge in [0.15, 0.2) is 11.5 Å². The zero-order valence-corrected chi connectivity index (χ0v) is 12.5. The van der Waals surface area contributed by atoms with E-state index < -0.39 is 0 Å². The third-order valence-corrected chi connectivity index (χ3v) is 3.45.